The summed E-state index contributed by atoms with van der Waals surface area (Å²) in [4.78, 5) is 0. The van der Waals surface area contributed by atoms with E-state index >= 15 is 0 Å². The van der Waals surface area contributed by atoms with E-state index in [0.717, 1.165) is 12.1 Å². The Labute approximate surface area is 97.4 Å². The van der Waals surface area contributed by atoms with Gasteiger partial charge in [0.05, 0.1) is 0 Å². The van der Waals surface area contributed by atoms with Crippen LogP contribution in [0.1, 0.15) is 26.7 Å². The predicted molar refractivity (Wildman–Crippen MR) is 67.6 cm³/mol. The second kappa shape index (κ2) is 3.13. The zero-order valence-corrected chi connectivity index (χ0v) is 10.0. The molecule has 3 rings (SSSR count). The third kappa shape index (κ3) is 1.17. The Balaban J connectivity index is 2.13. The van der Waals surface area contributed by atoms with E-state index in [0.29, 0.717) is 17.3 Å². The summed E-state index contributed by atoms with van der Waals surface area (Å²) in [5, 5.41) is 0. The van der Waals surface area contributed by atoms with Gasteiger partial charge in [0.25, 0.3) is 0 Å². The fraction of sp³-hybridized carbons (Fsp3) is 0.467. The Morgan fingerprint density at radius 2 is 1.94 bits per heavy atom. The molecule has 3 aliphatic carbocycles. The summed E-state index contributed by atoms with van der Waals surface area (Å²) in [7, 11) is 0. The number of nitrogens with two attached hydrogens (primary N) is 1. The second-order valence-electron chi connectivity index (χ2n) is 5.75. The molecule has 0 spiro atoms. The summed E-state index contributed by atoms with van der Waals surface area (Å²) in [6, 6.07) is 0. The van der Waals surface area contributed by atoms with Gasteiger partial charge in [-0.2, -0.15) is 0 Å². The number of hydrogen-bond donors (Lipinski definition) is 1. The quantitative estimate of drug-likeness (QED) is 0.656. The molecule has 16 heavy (non-hydrogen) atoms. The SMILES string of the molecule is CC1(C)C2CC=CC=C2C2=CC(N)=CCC21. The summed E-state index contributed by atoms with van der Waals surface area (Å²) < 4.78 is 0. The predicted octanol–water partition coefficient (Wildman–Crippen LogP) is 3.32. The minimum atomic E-state index is 0.375. The zero-order valence-electron chi connectivity index (χ0n) is 10.0. The molecule has 0 saturated heterocycles. The van der Waals surface area contributed by atoms with Gasteiger partial charge in [0, 0.05) is 5.70 Å². The average Bonchev–Trinajstić information content (AvgIpc) is 2.49. The molecule has 1 saturated carbocycles. The van der Waals surface area contributed by atoms with Crippen molar-refractivity contribution in [1.29, 1.82) is 0 Å². The highest BCUT2D eigenvalue weighted by molar-refractivity contribution is 5.51. The molecule has 1 heteroatoms. The van der Waals surface area contributed by atoms with Gasteiger partial charge >= 0.3 is 0 Å². The van der Waals surface area contributed by atoms with Crippen LogP contribution < -0.4 is 5.73 Å². The molecular formula is C15H19N. The highest BCUT2D eigenvalue weighted by atomic mass is 14.6. The van der Waals surface area contributed by atoms with Crippen LogP contribution in [0.4, 0.5) is 0 Å². The third-order valence-corrected chi connectivity index (χ3v) is 4.58. The van der Waals surface area contributed by atoms with Crippen molar-refractivity contribution >= 4 is 0 Å². The number of allylic oxidation sites excluding steroid dienone is 7. The normalized spacial score (nSPS) is 34.8. The van der Waals surface area contributed by atoms with E-state index < -0.39 is 0 Å². The summed E-state index contributed by atoms with van der Waals surface area (Å²) in [6.45, 7) is 4.82. The van der Waals surface area contributed by atoms with Crippen molar-refractivity contribution in [2.24, 2.45) is 23.0 Å². The highest BCUT2D eigenvalue weighted by Gasteiger charge is 2.48. The Bertz CT molecular complexity index is 446. The minimum absolute atomic E-state index is 0.375. The molecule has 2 N–H and O–H groups in total. The van der Waals surface area contributed by atoms with Crippen LogP contribution >= 0.6 is 0 Å². The van der Waals surface area contributed by atoms with E-state index in [1.165, 1.54) is 17.6 Å². The van der Waals surface area contributed by atoms with Gasteiger partial charge in [0.15, 0.2) is 0 Å². The van der Waals surface area contributed by atoms with Crippen molar-refractivity contribution in [3.8, 4) is 0 Å². The molecular weight excluding hydrogens is 194 g/mol. The van der Waals surface area contributed by atoms with Crippen LogP contribution in [-0.2, 0) is 0 Å². The van der Waals surface area contributed by atoms with Crippen LogP contribution in [-0.4, -0.2) is 0 Å². The number of fused-ring (bicyclic) bond motifs is 3. The Morgan fingerprint density at radius 1 is 1.19 bits per heavy atom. The molecule has 84 valence electrons. The van der Waals surface area contributed by atoms with Gasteiger partial charge in [-0.1, -0.05) is 38.2 Å². The first-order chi connectivity index (χ1) is 7.60. The van der Waals surface area contributed by atoms with Crippen LogP contribution in [0.3, 0.4) is 0 Å². The fourth-order valence-corrected chi connectivity index (χ4v) is 3.58. The molecule has 0 radical (unpaired) electrons. The smallest absolute Gasteiger partial charge is 0.0276 e. The molecule has 1 fully saturated rings. The van der Waals surface area contributed by atoms with Crippen LogP contribution in [0.5, 0.6) is 0 Å². The molecule has 0 aromatic carbocycles. The van der Waals surface area contributed by atoms with E-state index in [9.17, 15) is 0 Å². The van der Waals surface area contributed by atoms with E-state index in [2.05, 4.69) is 44.2 Å². The molecule has 0 aromatic rings. The van der Waals surface area contributed by atoms with E-state index in [1.807, 2.05) is 0 Å². The van der Waals surface area contributed by atoms with E-state index in [-0.39, 0.29) is 0 Å². The van der Waals surface area contributed by atoms with Gasteiger partial charge in [0.2, 0.25) is 0 Å². The van der Waals surface area contributed by atoms with Crippen molar-refractivity contribution in [2.75, 3.05) is 0 Å². The van der Waals surface area contributed by atoms with Crippen molar-refractivity contribution in [3.63, 3.8) is 0 Å². The molecule has 3 aliphatic rings. The first-order valence-corrected chi connectivity index (χ1v) is 6.15. The van der Waals surface area contributed by atoms with Gasteiger partial charge < -0.3 is 5.73 Å². The summed E-state index contributed by atoms with van der Waals surface area (Å²) >= 11 is 0. The molecule has 1 nitrogen and oxygen atoms in total. The first-order valence-electron chi connectivity index (χ1n) is 6.15. The Kier molecular flexibility index (Phi) is 1.95. The minimum Gasteiger partial charge on any atom is -0.399 e. The van der Waals surface area contributed by atoms with Crippen molar-refractivity contribution in [3.05, 3.63) is 47.2 Å². The lowest BCUT2D eigenvalue weighted by atomic mass is 9.71. The third-order valence-electron chi connectivity index (χ3n) is 4.58. The molecule has 0 aliphatic heterocycles. The van der Waals surface area contributed by atoms with Gasteiger partial charge in [-0.05, 0) is 47.3 Å². The summed E-state index contributed by atoms with van der Waals surface area (Å²) in [5.41, 5.74) is 10.3. The maximum Gasteiger partial charge on any atom is 0.0276 e. The summed E-state index contributed by atoms with van der Waals surface area (Å²) in [6.07, 6.45) is 13.5. The van der Waals surface area contributed by atoms with Crippen molar-refractivity contribution < 1.29 is 0 Å². The molecule has 0 bridgehead atoms. The molecule has 0 aromatic heterocycles. The lowest BCUT2D eigenvalue weighted by molar-refractivity contribution is 0.208. The summed E-state index contributed by atoms with van der Waals surface area (Å²) in [5.74, 6) is 1.35. The Hall–Kier alpha value is -1.24. The first kappa shape index (κ1) is 9.95. The van der Waals surface area contributed by atoms with E-state index in [4.69, 9.17) is 5.73 Å². The molecule has 2 unspecified atom stereocenters. The monoisotopic (exact) mass is 213 g/mol. The maximum atomic E-state index is 5.94. The lowest BCUT2D eigenvalue weighted by Gasteiger charge is -2.33. The standard InChI is InChI=1S/C15H19N/c1-15(2)13-6-4-3-5-11(13)12-9-10(16)7-8-14(12)15/h3-5,7,9,13-14H,6,8,16H2,1-2H3. The number of hydrogen-bond acceptors (Lipinski definition) is 1. The molecule has 0 amide bonds. The van der Waals surface area contributed by atoms with Crippen LogP contribution in [0.15, 0.2) is 47.2 Å². The lowest BCUT2D eigenvalue weighted by Crippen LogP contribution is -2.26. The van der Waals surface area contributed by atoms with Crippen molar-refractivity contribution in [1.82, 2.24) is 0 Å². The van der Waals surface area contributed by atoms with Crippen LogP contribution in [0.25, 0.3) is 0 Å². The zero-order chi connectivity index (χ0) is 11.3. The highest BCUT2D eigenvalue weighted by Crippen LogP contribution is 2.58. The van der Waals surface area contributed by atoms with Crippen molar-refractivity contribution in [2.45, 2.75) is 26.7 Å². The van der Waals surface area contributed by atoms with Gasteiger partial charge in [-0.15, -0.1) is 0 Å². The second-order valence-corrected chi connectivity index (χ2v) is 5.75. The topological polar surface area (TPSA) is 26.0 Å². The van der Waals surface area contributed by atoms with Crippen LogP contribution in [0, 0.1) is 17.3 Å². The largest absolute Gasteiger partial charge is 0.399 e. The van der Waals surface area contributed by atoms with E-state index in [1.54, 1.807) is 0 Å². The van der Waals surface area contributed by atoms with Gasteiger partial charge in [-0.25, -0.2) is 0 Å². The average molecular weight is 213 g/mol. The van der Waals surface area contributed by atoms with Gasteiger partial charge in [-0.3, -0.25) is 0 Å². The maximum absolute atomic E-state index is 5.94. The Morgan fingerprint density at radius 3 is 2.75 bits per heavy atom. The number of rotatable bonds is 0. The molecule has 0 heterocycles. The molecule has 2 atom stereocenters. The van der Waals surface area contributed by atoms with Crippen LogP contribution in [0.2, 0.25) is 0 Å². The fourth-order valence-electron chi connectivity index (χ4n) is 3.58. The van der Waals surface area contributed by atoms with Gasteiger partial charge in [0.1, 0.15) is 0 Å².